The number of nitrogens with zero attached hydrogens (tertiary/aromatic N) is 2. The average Bonchev–Trinajstić information content (AvgIpc) is 2.72. The van der Waals surface area contributed by atoms with Crippen molar-refractivity contribution >= 4 is 21.6 Å². The molecule has 10 heteroatoms. The Morgan fingerprint density at radius 2 is 1.93 bits per heavy atom. The fourth-order valence-corrected chi connectivity index (χ4v) is 4.45. The number of carbonyl (C=O) groups excluding carboxylic acids is 1. The van der Waals surface area contributed by atoms with Crippen LogP contribution in [0.15, 0.2) is 42.5 Å². The maximum absolute atomic E-state index is 12.6. The first-order valence-corrected chi connectivity index (χ1v) is 10.6. The molecular weight excluding hydrogens is 398 g/mol. The normalized spacial score (nSPS) is 14.1. The molecule has 0 aromatic heterocycles. The molecule has 154 valence electrons. The number of nitro groups is 1. The van der Waals surface area contributed by atoms with Crippen LogP contribution in [0.1, 0.15) is 21.5 Å². The Hall–Kier alpha value is -2.98. The maximum Gasteiger partial charge on any atom is 0.269 e. The third kappa shape index (κ3) is 4.90. The fraction of sp³-hybridized carbons (Fsp3) is 0.316. The van der Waals surface area contributed by atoms with E-state index in [1.807, 2.05) is 12.1 Å². The van der Waals surface area contributed by atoms with Gasteiger partial charge in [0.2, 0.25) is 10.0 Å². The van der Waals surface area contributed by atoms with Gasteiger partial charge in [0, 0.05) is 37.3 Å². The largest absolute Gasteiger partial charge is 0.497 e. The molecule has 0 aliphatic carbocycles. The van der Waals surface area contributed by atoms with Crippen LogP contribution in [0.2, 0.25) is 0 Å². The molecule has 3 rings (SSSR count). The zero-order valence-electron chi connectivity index (χ0n) is 15.8. The van der Waals surface area contributed by atoms with E-state index in [2.05, 4.69) is 5.32 Å². The summed E-state index contributed by atoms with van der Waals surface area (Å²) in [5.74, 6) is 0.0391. The number of benzene rings is 2. The zero-order valence-corrected chi connectivity index (χ0v) is 16.6. The molecule has 1 aliphatic rings. The number of hydrogen-bond donors (Lipinski definition) is 1. The molecule has 0 radical (unpaired) electrons. The first-order valence-electron chi connectivity index (χ1n) is 8.96. The Bertz CT molecular complexity index is 1020. The molecule has 0 saturated heterocycles. The van der Waals surface area contributed by atoms with Gasteiger partial charge in [0.05, 0.1) is 17.8 Å². The van der Waals surface area contributed by atoms with Crippen molar-refractivity contribution in [3.63, 3.8) is 0 Å². The highest BCUT2D eigenvalue weighted by Crippen LogP contribution is 2.25. The minimum Gasteiger partial charge on any atom is -0.497 e. The molecule has 0 bridgehead atoms. The van der Waals surface area contributed by atoms with Crippen LogP contribution in [0.3, 0.4) is 0 Å². The molecule has 2 aromatic carbocycles. The number of non-ortho nitro benzene ring substituents is 1. The summed E-state index contributed by atoms with van der Waals surface area (Å²) >= 11 is 0. The minimum atomic E-state index is -3.54. The van der Waals surface area contributed by atoms with Gasteiger partial charge in [-0.2, -0.15) is 4.31 Å². The lowest BCUT2D eigenvalue weighted by molar-refractivity contribution is -0.384. The van der Waals surface area contributed by atoms with Crippen molar-refractivity contribution in [2.24, 2.45) is 0 Å². The van der Waals surface area contributed by atoms with Crippen LogP contribution < -0.4 is 10.1 Å². The van der Waals surface area contributed by atoms with E-state index >= 15 is 0 Å². The Balaban J connectivity index is 1.56. The maximum atomic E-state index is 12.6. The van der Waals surface area contributed by atoms with E-state index in [0.717, 1.165) is 16.9 Å². The molecule has 0 atom stereocenters. The molecule has 0 spiro atoms. The molecule has 9 nitrogen and oxygen atoms in total. The second-order valence-electron chi connectivity index (χ2n) is 6.59. The molecule has 2 aromatic rings. The van der Waals surface area contributed by atoms with Gasteiger partial charge in [-0.25, -0.2) is 8.42 Å². The van der Waals surface area contributed by atoms with Gasteiger partial charge in [-0.05, 0) is 41.8 Å². The van der Waals surface area contributed by atoms with Gasteiger partial charge < -0.3 is 10.1 Å². The Labute approximate surface area is 168 Å². The Kier molecular flexibility index (Phi) is 6.14. The molecule has 1 aliphatic heterocycles. The van der Waals surface area contributed by atoms with Gasteiger partial charge >= 0.3 is 0 Å². The van der Waals surface area contributed by atoms with Gasteiger partial charge in [-0.3, -0.25) is 14.9 Å². The zero-order chi connectivity index (χ0) is 21.0. The summed E-state index contributed by atoms with van der Waals surface area (Å²) in [6.07, 6.45) is 0.598. The first kappa shape index (κ1) is 20.7. The summed E-state index contributed by atoms with van der Waals surface area (Å²) in [4.78, 5) is 22.2. The van der Waals surface area contributed by atoms with Gasteiger partial charge in [-0.1, -0.05) is 6.07 Å². The van der Waals surface area contributed by atoms with E-state index in [1.165, 1.54) is 28.6 Å². The average molecular weight is 419 g/mol. The Morgan fingerprint density at radius 1 is 1.21 bits per heavy atom. The van der Waals surface area contributed by atoms with Crippen LogP contribution in [0, 0.1) is 10.1 Å². The van der Waals surface area contributed by atoms with Crippen molar-refractivity contribution in [3.8, 4) is 5.75 Å². The minimum absolute atomic E-state index is 0.0515. The highest BCUT2D eigenvalue weighted by Gasteiger charge is 2.26. The topological polar surface area (TPSA) is 119 Å². The standard InChI is InChI=1S/C19H21N3O6S/c1-28-18-7-4-16-13-21(10-8-15(16)12-18)29(26,27)11-9-20-19(23)14-2-5-17(6-3-14)22(24)25/h2-7,12H,8-11,13H2,1H3,(H,20,23). The summed E-state index contributed by atoms with van der Waals surface area (Å²) < 4.78 is 31.9. The van der Waals surface area contributed by atoms with Crippen LogP contribution in [-0.2, 0) is 23.0 Å². The summed E-state index contributed by atoms with van der Waals surface area (Å²) in [7, 11) is -1.95. The summed E-state index contributed by atoms with van der Waals surface area (Å²) in [6.45, 7) is 0.612. The summed E-state index contributed by atoms with van der Waals surface area (Å²) in [5.41, 5.74) is 2.12. The molecule has 29 heavy (non-hydrogen) atoms. The predicted molar refractivity (Wildman–Crippen MR) is 106 cm³/mol. The third-order valence-corrected chi connectivity index (χ3v) is 6.59. The second kappa shape index (κ2) is 8.58. The number of nitrogens with one attached hydrogen (secondary N) is 1. The number of methoxy groups -OCH3 is 1. The van der Waals surface area contributed by atoms with Crippen LogP contribution in [0.25, 0.3) is 0 Å². The van der Waals surface area contributed by atoms with Crippen molar-refractivity contribution in [2.75, 3.05) is 26.0 Å². The van der Waals surface area contributed by atoms with Gasteiger partial charge in [0.15, 0.2) is 0 Å². The molecular formula is C19H21N3O6S. The summed E-state index contributed by atoms with van der Waals surface area (Å²) in [6, 6.07) is 10.7. The van der Waals surface area contributed by atoms with Crippen molar-refractivity contribution in [2.45, 2.75) is 13.0 Å². The third-order valence-electron chi connectivity index (χ3n) is 4.77. The number of rotatable bonds is 7. The first-order chi connectivity index (χ1) is 13.8. The lowest BCUT2D eigenvalue weighted by Gasteiger charge is -2.28. The molecule has 0 saturated carbocycles. The Morgan fingerprint density at radius 3 is 2.59 bits per heavy atom. The highest BCUT2D eigenvalue weighted by atomic mass is 32.2. The second-order valence-corrected chi connectivity index (χ2v) is 8.68. The van der Waals surface area contributed by atoms with Crippen LogP contribution in [-0.4, -0.2) is 49.5 Å². The number of hydrogen-bond acceptors (Lipinski definition) is 6. The number of nitro benzene ring substituents is 1. The van der Waals surface area contributed by atoms with Crippen LogP contribution >= 0.6 is 0 Å². The van der Waals surface area contributed by atoms with E-state index in [-0.39, 0.29) is 30.1 Å². The van der Waals surface area contributed by atoms with E-state index in [9.17, 15) is 23.3 Å². The summed E-state index contributed by atoms with van der Waals surface area (Å²) in [5, 5.41) is 13.2. The van der Waals surface area contributed by atoms with E-state index in [1.54, 1.807) is 13.2 Å². The van der Waals surface area contributed by atoms with Gasteiger partial charge in [0.1, 0.15) is 5.75 Å². The number of carbonyl (C=O) groups is 1. The number of amides is 1. The van der Waals surface area contributed by atoms with Crippen molar-refractivity contribution in [1.29, 1.82) is 0 Å². The lowest BCUT2D eigenvalue weighted by Crippen LogP contribution is -2.40. The fourth-order valence-electron chi connectivity index (χ4n) is 3.13. The van der Waals surface area contributed by atoms with Gasteiger partial charge in [-0.15, -0.1) is 0 Å². The number of fused-ring (bicyclic) bond motifs is 1. The lowest BCUT2D eigenvalue weighted by atomic mass is 10.0. The molecule has 1 amide bonds. The van der Waals surface area contributed by atoms with Crippen LogP contribution in [0.5, 0.6) is 5.75 Å². The number of ether oxygens (including phenoxy) is 1. The van der Waals surface area contributed by atoms with Crippen LogP contribution in [0.4, 0.5) is 5.69 Å². The molecule has 1 N–H and O–H groups in total. The predicted octanol–water partition coefficient (Wildman–Crippen LogP) is 1.72. The van der Waals surface area contributed by atoms with Gasteiger partial charge in [0.25, 0.3) is 11.6 Å². The molecule has 1 heterocycles. The van der Waals surface area contributed by atoms with Crippen molar-refractivity contribution < 1.29 is 22.9 Å². The highest BCUT2D eigenvalue weighted by molar-refractivity contribution is 7.89. The molecule has 0 unspecified atom stereocenters. The van der Waals surface area contributed by atoms with Crippen molar-refractivity contribution in [1.82, 2.24) is 9.62 Å². The molecule has 0 fully saturated rings. The number of sulfonamides is 1. The van der Waals surface area contributed by atoms with E-state index in [4.69, 9.17) is 4.74 Å². The van der Waals surface area contributed by atoms with Crippen molar-refractivity contribution in [3.05, 3.63) is 69.3 Å². The van der Waals surface area contributed by atoms with E-state index in [0.29, 0.717) is 13.0 Å². The van der Waals surface area contributed by atoms with E-state index < -0.39 is 20.9 Å². The smallest absolute Gasteiger partial charge is 0.269 e. The SMILES string of the molecule is COc1ccc2c(c1)CCN(S(=O)(=O)CCNC(=O)c1ccc([N+](=O)[O-])cc1)C2. The quantitative estimate of drug-likeness (QED) is 0.539. The monoisotopic (exact) mass is 419 g/mol.